The van der Waals surface area contributed by atoms with Gasteiger partial charge in [0, 0.05) is 12.5 Å². The molecule has 1 fully saturated rings. The molecule has 0 aliphatic heterocycles. The summed E-state index contributed by atoms with van der Waals surface area (Å²) >= 11 is 0. The maximum absolute atomic E-state index is 11.9. The van der Waals surface area contributed by atoms with E-state index in [1.54, 1.807) is 0 Å². The summed E-state index contributed by atoms with van der Waals surface area (Å²) in [4.78, 5) is 0. The quantitative estimate of drug-likeness (QED) is 0.734. The van der Waals surface area contributed by atoms with Crippen molar-refractivity contribution in [1.29, 1.82) is 0 Å². The summed E-state index contributed by atoms with van der Waals surface area (Å²) in [5.41, 5.74) is 0. The molecule has 0 saturated heterocycles. The molecule has 0 aromatic carbocycles. The largest absolute Gasteiger partial charge is 0.389 e. The third kappa shape index (κ3) is 5.19. The molecule has 3 unspecified atom stereocenters. The zero-order chi connectivity index (χ0) is 12.2. The Morgan fingerprint density at radius 3 is 2.38 bits per heavy atom. The zero-order valence-corrected chi connectivity index (χ0v) is 10.1. The second-order valence-corrected chi connectivity index (χ2v) is 5.14. The number of nitrogens with one attached hydrogen (secondary N) is 1. The zero-order valence-electron chi connectivity index (χ0n) is 10.1. The maximum Gasteiger partial charge on any atom is 0.389 e. The van der Waals surface area contributed by atoms with Crippen molar-refractivity contribution in [3.8, 4) is 0 Å². The molecule has 0 aromatic rings. The molecule has 0 spiro atoms. The molecule has 1 rings (SSSR count). The maximum atomic E-state index is 11.9. The normalized spacial score (nSPS) is 31.7. The second kappa shape index (κ2) is 5.89. The number of rotatable bonds is 4. The Morgan fingerprint density at radius 1 is 1.12 bits per heavy atom. The fraction of sp³-hybridized carbons (Fsp3) is 1.00. The third-order valence-electron chi connectivity index (χ3n) is 3.67. The Morgan fingerprint density at radius 2 is 1.81 bits per heavy atom. The van der Waals surface area contributed by atoms with Crippen LogP contribution in [-0.2, 0) is 0 Å². The highest BCUT2D eigenvalue weighted by Crippen LogP contribution is 2.29. The molecule has 16 heavy (non-hydrogen) atoms. The number of halogens is 3. The second-order valence-electron chi connectivity index (χ2n) is 5.14. The molecule has 96 valence electrons. The molecule has 1 aliphatic rings. The van der Waals surface area contributed by atoms with E-state index >= 15 is 0 Å². The van der Waals surface area contributed by atoms with Crippen molar-refractivity contribution < 1.29 is 13.2 Å². The molecule has 0 aromatic heterocycles. The highest BCUT2D eigenvalue weighted by atomic mass is 19.4. The van der Waals surface area contributed by atoms with Gasteiger partial charge in [-0.25, -0.2) is 0 Å². The van der Waals surface area contributed by atoms with Gasteiger partial charge in [-0.05, 0) is 44.1 Å². The minimum Gasteiger partial charge on any atom is -0.314 e. The first-order valence-corrected chi connectivity index (χ1v) is 6.18. The molecule has 0 radical (unpaired) electrons. The number of alkyl halides is 3. The average Bonchev–Trinajstić information content (AvgIpc) is 2.17. The van der Waals surface area contributed by atoms with E-state index in [0.29, 0.717) is 18.5 Å². The Kier molecular flexibility index (Phi) is 5.09. The first kappa shape index (κ1) is 13.8. The fourth-order valence-electron chi connectivity index (χ4n) is 2.33. The molecule has 0 amide bonds. The lowest BCUT2D eigenvalue weighted by Gasteiger charge is -2.32. The Bertz CT molecular complexity index is 203. The van der Waals surface area contributed by atoms with Crippen molar-refractivity contribution >= 4 is 0 Å². The van der Waals surface area contributed by atoms with Gasteiger partial charge in [-0.2, -0.15) is 13.2 Å². The van der Waals surface area contributed by atoms with E-state index in [-0.39, 0.29) is 6.42 Å². The summed E-state index contributed by atoms with van der Waals surface area (Å²) in [5, 5.41) is 3.25. The highest BCUT2D eigenvalue weighted by molar-refractivity contribution is 4.79. The molecule has 0 bridgehead atoms. The molecule has 4 heteroatoms. The monoisotopic (exact) mass is 237 g/mol. The van der Waals surface area contributed by atoms with Gasteiger partial charge in [0.05, 0.1) is 0 Å². The van der Waals surface area contributed by atoms with Gasteiger partial charge in [0.25, 0.3) is 0 Å². The number of hydrogen-bond donors (Lipinski definition) is 1. The molecular weight excluding hydrogens is 215 g/mol. The summed E-state index contributed by atoms with van der Waals surface area (Å²) in [6.45, 7) is 4.98. The average molecular weight is 237 g/mol. The van der Waals surface area contributed by atoms with Crippen LogP contribution in [0.4, 0.5) is 13.2 Å². The molecule has 1 saturated carbocycles. The topological polar surface area (TPSA) is 12.0 Å². The minimum atomic E-state index is -4.00. The van der Waals surface area contributed by atoms with Crippen LogP contribution in [-0.4, -0.2) is 18.8 Å². The van der Waals surface area contributed by atoms with Crippen LogP contribution in [0.3, 0.4) is 0 Å². The highest BCUT2D eigenvalue weighted by Gasteiger charge is 2.27. The van der Waals surface area contributed by atoms with Gasteiger partial charge in [-0.1, -0.05) is 13.8 Å². The van der Waals surface area contributed by atoms with Gasteiger partial charge in [0.2, 0.25) is 0 Å². The lowest BCUT2D eigenvalue weighted by molar-refractivity contribution is -0.135. The molecule has 3 atom stereocenters. The van der Waals surface area contributed by atoms with Crippen LogP contribution in [0.1, 0.15) is 46.0 Å². The van der Waals surface area contributed by atoms with E-state index in [1.807, 2.05) is 0 Å². The van der Waals surface area contributed by atoms with Crippen LogP contribution < -0.4 is 5.32 Å². The Hall–Kier alpha value is -0.250. The van der Waals surface area contributed by atoms with Crippen LogP contribution in [0, 0.1) is 11.8 Å². The first-order chi connectivity index (χ1) is 7.38. The lowest BCUT2D eigenvalue weighted by Crippen LogP contribution is -2.36. The van der Waals surface area contributed by atoms with E-state index in [2.05, 4.69) is 19.2 Å². The van der Waals surface area contributed by atoms with E-state index in [4.69, 9.17) is 0 Å². The van der Waals surface area contributed by atoms with Gasteiger partial charge >= 0.3 is 6.18 Å². The van der Waals surface area contributed by atoms with Crippen molar-refractivity contribution in [3.63, 3.8) is 0 Å². The van der Waals surface area contributed by atoms with Crippen LogP contribution in [0.2, 0.25) is 0 Å². The standard InChI is InChI=1S/C12H22F3N/c1-9-4-5-11(8-10(9)2)16-7-3-6-12(13,14)15/h9-11,16H,3-8H2,1-2H3. The number of hydrogen-bond acceptors (Lipinski definition) is 1. The van der Waals surface area contributed by atoms with E-state index < -0.39 is 12.6 Å². The summed E-state index contributed by atoms with van der Waals surface area (Å²) < 4.78 is 35.7. The van der Waals surface area contributed by atoms with Crippen molar-refractivity contribution in [2.45, 2.75) is 58.2 Å². The molecule has 1 N–H and O–H groups in total. The van der Waals surface area contributed by atoms with Crippen molar-refractivity contribution in [1.82, 2.24) is 5.32 Å². The Labute approximate surface area is 95.8 Å². The van der Waals surface area contributed by atoms with E-state index in [0.717, 1.165) is 18.8 Å². The van der Waals surface area contributed by atoms with Gasteiger partial charge in [-0.3, -0.25) is 0 Å². The Balaban J connectivity index is 2.10. The SMILES string of the molecule is CC1CCC(NCCCC(F)(F)F)CC1C. The summed E-state index contributed by atoms with van der Waals surface area (Å²) in [7, 11) is 0. The fourth-order valence-corrected chi connectivity index (χ4v) is 2.33. The predicted molar refractivity (Wildman–Crippen MR) is 59.3 cm³/mol. The van der Waals surface area contributed by atoms with Crippen molar-refractivity contribution in [2.75, 3.05) is 6.54 Å². The van der Waals surface area contributed by atoms with Gasteiger partial charge in [-0.15, -0.1) is 0 Å². The van der Waals surface area contributed by atoms with Crippen LogP contribution in [0.25, 0.3) is 0 Å². The van der Waals surface area contributed by atoms with Crippen LogP contribution in [0.5, 0.6) is 0 Å². The van der Waals surface area contributed by atoms with Gasteiger partial charge < -0.3 is 5.32 Å². The minimum absolute atomic E-state index is 0.198. The van der Waals surface area contributed by atoms with Crippen molar-refractivity contribution in [2.24, 2.45) is 11.8 Å². The van der Waals surface area contributed by atoms with Gasteiger partial charge in [0.15, 0.2) is 0 Å². The van der Waals surface area contributed by atoms with E-state index in [9.17, 15) is 13.2 Å². The summed E-state index contributed by atoms with van der Waals surface area (Å²) in [5.74, 6) is 1.45. The van der Waals surface area contributed by atoms with Crippen LogP contribution in [0.15, 0.2) is 0 Å². The van der Waals surface area contributed by atoms with Gasteiger partial charge in [0.1, 0.15) is 0 Å². The molecular formula is C12H22F3N. The summed E-state index contributed by atoms with van der Waals surface area (Å²) in [6.07, 6.45) is -1.07. The molecule has 1 nitrogen and oxygen atoms in total. The molecule has 1 aliphatic carbocycles. The summed E-state index contributed by atoms with van der Waals surface area (Å²) in [6, 6.07) is 0.430. The molecule has 0 heterocycles. The lowest BCUT2D eigenvalue weighted by atomic mass is 9.79. The first-order valence-electron chi connectivity index (χ1n) is 6.18. The predicted octanol–water partition coefficient (Wildman–Crippen LogP) is 3.74. The van der Waals surface area contributed by atoms with Crippen LogP contribution >= 0.6 is 0 Å². The van der Waals surface area contributed by atoms with Crippen molar-refractivity contribution in [3.05, 3.63) is 0 Å². The smallest absolute Gasteiger partial charge is 0.314 e. The van der Waals surface area contributed by atoms with E-state index in [1.165, 1.54) is 6.42 Å². The third-order valence-corrected chi connectivity index (χ3v) is 3.67.